The number of benzene rings is 1. The lowest BCUT2D eigenvalue weighted by atomic mass is 10.0. The summed E-state index contributed by atoms with van der Waals surface area (Å²) in [6.45, 7) is 4.76. The van der Waals surface area contributed by atoms with E-state index in [-0.39, 0.29) is 6.09 Å². The van der Waals surface area contributed by atoms with Crippen LogP contribution in [0.25, 0.3) is 22.6 Å². The lowest BCUT2D eigenvalue weighted by Crippen LogP contribution is -2.19. The normalized spacial score (nSPS) is 12.4. The number of fused-ring (bicyclic) bond motifs is 1. The van der Waals surface area contributed by atoms with Gasteiger partial charge in [-0.15, -0.1) is 11.3 Å². The molecule has 2 heterocycles. The van der Waals surface area contributed by atoms with Gasteiger partial charge >= 0.3 is 6.09 Å². The summed E-state index contributed by atoms with van der Waals surface area (Å²) in [6, 6.07) is 7.58. The fourth-order valence-corrected chi connectivity index (χ4v) is 3.39. The third kappa shape index (κ3) is 3.90. The van der Waals surface area contributed by atoms with Crippen molar-refractivity contribution in [1.82, 2.24) is 14.5 Å². The molecule has 5 nitrogen and oxygen atoms in total. The van der Waals surface area contributed by atoms with Crippen LogP contribution in [-0.2, 0) is 4.74 Å². The van der Waals surface area contributed by atoms with E-state index in [0.29, 0.717) is 24.0 Å². The number of aromatic nitrogens is 3. The van der Waals surface area contributed by atoms with Gasteiger partial charge in [-0.1, -0.05) is 45.2 Å². The van der Waals surface area contributed by atoms with Crippen LogP contribution < -0.4 is 0 Å². The van der Waals surface area contributed by atoms with Crippen LogP contribution >= 0.6 is 11.3 Å². The quantitative estimate of drug-likeness (QED) is 0.571. The highest BCUT2D eigenvalue weighted by atomic mass is 32.1. The second-order valence-corrected chi connectivity index (χ2v) is 6.85. The highest BCUT2D eigenvalue weighted by Gasteiger charge is 2.21. The Morgan fingerprint density at radius 2 is 2.16 bits per heavy atom. The molecule has 0 aliphatic carbocycles. The molecule has 1 atom stereocenters. The standard InChI is InChI=1S/C19H23N3O2S/c1-3-5-8-14(4-2)11-24-19(23)22-17-10-7-6-9-15(17)21-18(22)16-12-25-13-20-16/h6-7,9-10,12-14H,3-5,8,11H2,1-2H3. The van der Waals surface area contributed by atoms with E-state index in [0.717, 1.165) is 36.7 Å². The van der Waals surface area contributed by atoms with Crippen LogP contribution in [0.5, 0.6) is 0 Å². The first kappa shape index (κ1) is 17.6. The minimum atomic E-state index is -0.383. The number of carbonyl (C=O) groups is 1. The lowest BCUT2D eigenvalue weighted by Gasteiger charge is -2.15. The van der Waals surface area contributed by atoms with E-state index >= 15 is 0 Å². The highest BCUT2D eigenvalue weighted by Crippen LogP contribution is 2.25. The molecule has 2 aromatic heterocycles. The van der Waals surface area contributed by atoms with Gasteiger partial charge in [0.2, 0.25) is 0 Å². The van der Waals surface area contributed by atoms with Crippen molar-refractivity contribution in [1.29, 1.82) is 0 Å². The van der Waals surface area contributed by atoms with Crippen LogP contribution in [0.15, 0.2) is 35.2 Å². The Morgan fingerprint density at radius 1 is 1.32 bits per heavy atom. The van der Waals surface area contributed by atoms with Gasteiger partial charge in [0.15, 0.2) is 5.82 Å². The second kappa shape index (κ2) is 8.25. The molecule has 0 saturated heterocycles. The summed E-state index contributed by atoms with van der Waals surface area (Å²) in [5.74, 6) is 0.940. The van der Waals surface area contributed by atoms with Gasteiger partial charge in [-0.05, 0) is 24.5 Å². The molecule has 0 N–H and O–H groups in total. The highest BCUT2D eigenvalue weighted by molar-refractivity contribution is 7.07. The van der Waals surface area contributed by atoms with Crippen molar-refractivity contribution in [2.75, 3.05) is 6.61 Å². The van der Waals surface area contributed by atoms with Gasteiger partial charge in [-0.3, -0.25) is 0 Å². The molecule has 0 amide bonds. The summed E-state index contributed by atoms with van der Waals surface area (Å²) in [5, 5.41) is 1.89. The van der Waals surface area contributed by atoms with Gasteiger partial charge in [0.1, 0.15) is 5.69 Å². The van der Waals surface area contributed by atoms with Crippen molar-refractivity contribution in [3.63, 3.8) is 0 Å². The van der Waals surface area contributed by atoms with Crippen LogP contribution in [0.3, 0.4) is 0 Å². The number of carbonyl (C=O) groups excluding carboxylic acids is 1. The van der Waals surface area contributed by atoms with Crippen molar-refractivity contribution in [2.45, 2.75) is 39.5 Å². The monoisotopic (exact) mass is 357 g/mol. The zero-order valence-electron chi connectivity index (χ0n) is 14.6. The van der Waals surface area contributed by atoms with E-state index in [1.807, 2.05) is 29.6 Å². The van der Waals surface area contributed by atoms with Crippen molar-refractivity contribution >= 4 is 28.5 Å². The summed E-state index contributed by atoms with van der Waals surface area (Å²) in [6.07, 6.45) is 4.03. The van der Waals surface area contributed by atoms with Gasteiger partial charge in [0.25, 0.3) is 0 Å². The average Bonchev–Trinajstić information content (AvgIpc) is 3.29. The molecular weight excluding hydrogens is 334 g/mol. The summed E-state index contributed by atoms with van der Waals surface area (Å²) in [7, 11) is 0. The summed E-state index contributed by atoms with van der Waals surface area (Å²) in [4.78, 5) is 21.7. The van der Waals surface area contributed by atoms with Crippen LogP contribution in [-0.4, -0.2) is 27.2 Å². The molecule has 0 spiro atoms. The average molecular weight is 357 g/mol. The van der Waals surface area contributed by atoms with Gasteiger partial charge in [-0.2, -0.15) is 0 Å². The van der Waals surface area contributed by atoms with Crippen LogP contribution in [0, 0.1) is 5.92 Å². The van der Waals surface area contributed by atoms with E-state index in [1.165, 1.54) is 15.9 Å². The minimum Gasteiger partial charge on any atom is -0.449 e. The fraction of sp³-hybridized carbons (Fsp3) is 0.421. The van der Waals surface area contributed by atoms with Crippen LogP contribution in [0.4, 0.5) is 4.79 Å². The summed E-state index contributed by atoms with van der Waals surface area (Å²) < 4.78 is 7.18. The third-order valence-corrected chi connectivity index (χ3v) is 4.98. The number of thiazole rings is 1. The number of ether oxygens (including phenoxy) is 1. The largest absolute Gasteiger partial charge is 0.449 e. The predicted molar refractivity (Wildman–Crippen MR) is 101 cm³/mol. The predicted octanol–water partition coefficient (Wildman–Crippen LogP) is 5.36. The topological polar surface area (TPSA) is 57.0 Å². The van der Waals surface area contributed by atoms with Gasteiger partial charge in [0, 0.05) is 5.38 Å². The number of imidazole rings is 1. The molecule has 0 aliphatic heterocycles. The second-order valence-electron chi connectivity index (χ2n) is 6.13. The molecule has 1 aromatic carbocycles. The third-order valence-electron chi connectivity index (χ3n) is 4.39. The Kier molecular flexibility index (Phi) is 5.81. The number of hydrogen-bond donors (Lipinski definition) is 0. The first-order valence-corrected chi connectivity index (χ1v) is 9.72. The fourth-order valence-electron chi connectivity index (χ4n) is 2.86. The molecule has 3 aromatic rings. The lowest BCUT2D eigenvalue weighted by molar-refractivity contribution is 0.125. The van der Waals surface area contributed by atoms with Crippen LogP contribution in [0.1, 0.15) is 39.5 Å². The molecule has 0 saturated carbocycles. The minimum absolute atomic E-state index is 0.383. The Balaban J connectivity index is 1.86. The molecule has 0 fully saturated rings. The first-order valence-electron chi connectivity index (χ1n) is 8.77. The van der Waals surface area contributed by atoms with Crippen molar-refractivity contribution in [2.24, 2.45) is 5.92 Å². The van der Waals surface area contributed by atoms with Crippen molar-refractivity contribution in [3.05, 3.63) is 35.2 Å². The maximum Gasteiger partial charge on any atom is 0.420 e. The Labute approximate surface area is 151 Å². The van der Waals surface area contributed by atoms with Gasteiger partial charge in [0.05, 0.1) is 23.2 Å². The smallest absolute Gasteiger partial charge is 0.420 e. The van der Waals surface area contributed by atoms with E-state index in [9.17, 15) is 4.79 Å². The first-order chi connectivity index (χ1) is 12.2. The molecule has 132 valence electrons. The number of unbranched alkanes of at least 4 members (excludes halogenated alkanes) is 1. The van der Waals surface area contributed by atoms with Crippen molar-refractivity contribution < 1.29 is 9.53 Å². The molecule has 3 rings (SSSR count). The zero-order valence-corrected chi connectivity index (χ0v) is 15.5. The zero-order chi connectivity index (χ0) is 17.6. The Bertz CT molecular complexity index is 826. The van der Waals surface area contributed by atoms with Gasteiger partial charge in [-0.25, -0.2) is 19.3 Å². The van der Waals surface area contributed by atoms with E-state index in [1.54, 1.807) is 5.51 Å². The summed E-state index contributed by atoms with van der Waals surface area (Å²) in [5.41, 5.74) is 3.94. The molecule has 0 aliphatic rings. The molecule has 0 radical (unpaired) electrons. The Morgan fingerprint density at radius 3 is 2.88 bits per heavy atom. The maximum absolute atomic E-state index is 12.8. The van der Waals surface area contributed by atoms with Crippen LogP contribution in [0.2, 0.25) is 0 Å². The SMILES string of the molecule is CCCCC(CC)COC(=O)n1c(-c2cscn2)nc2ccccc21. The van der Waals surface area contributed by atoms with E-state index < -0.39 is 0 Å². The molecule has 0 bridgehead atoms. The van der Waals surface area contributed by atoms with E-state index in [4.69, 9.17) is 4.74 Å². The number of rotatable bonds is 7. The Hall–Kier alpha value is -2.21. The number of para-hydroxylation sites is 2. The van der Waals surface area contributed by atoms with E-state index in [2.05, 4.69) is 23.8 Å². The number of nitrogens with zero attached hydrogens (tertiary/aromatic N) is 3. The summed E-state index contributed by atoms with van der Waals surface area (Å²) >= 11 is 1.48. The van der Waals surface area contributed by atoms with Gasteiger partial charge < -0.3 is 4.74 Å². The molecule has 6 heteroatoms. The maximum atomic E-state index is 12.8. The number of hydrogen-bond acceptors (Lipinski definition) is 5. The van der Waals surface area contributed by atoms with Crippen molar-refractivity contribution in [3.8, 4) is 11.5 Å². The molecular formula is C19H23N3O2S. The molecule has 1 unspecified atom stereocenters. The molecule has 25 heavy (non-hydrogen) atoms.